The van der Waals surface area contributed by atoms with Crippen molar-refractivity contribution in [3.8, 4) is 0 Å². The molecule has 2 unspecified atom stereocenters. The van der Waals surface area contributed by atoms with Gasteiger partial charge < -0.3 is 20.1 Å². The number of unbranched alkanes of at least 4 members (excludes halogenated alkanes) is 33. The maximum atomic E-state index is 12.6. The number of ether oxygens (including phenoxy) is 2. The molecule has 0 aromatic heterocycles. The van der Waals surface area contributed by atoms with Crippen LogP contribution in [0, 0.1) is 0 Å². The Morgan fingerprint density at radius 1 is 0.481 bits per heavy atom. The van der Waals surface area contributed by atoms with Crippen LogP contribution in [-0.4, -0.2) is 49.9 Å². The average molecular weight is 790 g/mol. The summed E-state index contributed by atoms with van der Waals surface area (Å²) in [4.78, 5) is 22.5. The molecular formula is C45H92NO7P. The normalized spacial score (nSPS) is 13.3. The van der Waals surface area contributed by atoms with Gasteiger partial charge in [0.15, 0.2) is 0 Å². The molecule has 0 fully saturated rings. The Bertz CT molecular complexity index is 802. The van der Waals surface area contributed by atoms with Crippen LogP contribution in [0.15, 0.2) is 0 Å². The first-order valence-corrected chi connectivity index (χ1v) is 25.0. The van der Waals surface area contributed by atoms with Gasteiger partial charge in [-0.3, -0.25) is 13.8 Å². The second-order valence-corrected chi connectivity index (χ2v) is 17.4. The highest BCUT2D eigenvalue weighted by Crippen LogP contribution is 2.43. The fraction of sp³-hybridized carbons (Fsp3) is 0.978. The van der Waals surface area contributed by atoms with Crippen molar-refractivity contribution in [2.24, 2.45) is 5.73 Å². The van der Waals surface area contributed by atoms with Crippen molar-refractivity contribution in [2.45, 2.75) is 251 Å². The molecule has 0 saturated heterocycles. The van der Waals surface area contributed by atoms with Gasteiger partial charge in [0.25, 0.3) is 0 Å². The molecule has 0 aromatic rings. The minimum absolute atomic E-state index is 0.0899. The van der Waals surface area contributed by atoms with Crippen molar-refractivity contribution < 1.29 is 32.8 Å². The fourth-order valence-electron chi connectivity index (χ4n) is 7.06. The molecule has 0 saturated carbocycles. The molecule has 9 heteroatoms. The van der Waals surface area contributed by atoms with E-state index in [1.54, 1.807) is 0 Å². The molecule has 0 aliphatic heterocycles. The predicted octanol–water partition coefficient (Wildman–Crippen LogP) is 14.1. The van der Waals surface area contributed by atoms with Gasteiger partial charge in [-0.1, -0.05) is 226 Å². The number of carbonyl (C=O) groups is 1. The lowest BCUT2D eigenvalue weighted by Gasteiger charge is -2.20. The van der Waals surface area contributed by atoms with Gasteiger partial charge in [-0.25, -0.2) is 4.57 Å². The molecule has 2 atom stereocenters. The lowest BCUT2D eigenvalue weighted by atomic mass is 10.0. The zero-order valence-corrected chi connectivity index (χ0v) is 36.9. The smallest absolute Gasteiger partial charge is 0.457 e. The monoisotopic (exact) mass is 790 g/mol. The summed E-state index contributed by atoms with van der Waals surface area (Å²) in [5.41, 5.74) is 5.38. The summed E-state index contributed by atoms with van der Waals surface area (Å²) in [6.07, 6.45) is 45.5. The molecule has 0 heterocycles. The first kappa shape index (κ1) is 53.5. The summed E-state index contributed by atoms with van der Waals surface area (Å²) in [7, 11) is -4.27. The van der Waals surface area contributed by atoms with Gasteiger partial charge in [0, 0.05) is 19.6 Å². The predicted molar refractivity (Wildman–Crippen MR) is 229 cm³/mol. The molecule has 0 amide bonds. The third-order valence-electron chi connectivity index (χ3n) is 10.5. The fourth-order valence-corrected chi connectivity index (χ4v) is 7.82. The second kappa shape index (κ2) is 43.6. The van der Waals surface area contributed by atoms with E-state index in [-0.39, 0.29) is 32.3 Å². The lowest BCUT2D eigenvalue weighted by Crippen LogP contribution is -2.28. The van der Waals surface area contributed by atoms with Crippen LogP contribution < -0.4 is 5.73 Å². The van der Waals surface area contributed by atoms with Crippen molar-refractivity contribution in [3.05, 3.63) is 0 Å². The Morgan fingerprint density at radius 3 is 1.17 bits per heavy atom. The van der Waals surface area contributed by atoms with Crippen LogP contribution in [0.4, 0.5) is 0 Å². The van der Waals surface area contributed by atoms with Gasteiger partial charge in [0.2, 0.25) is 0 Å². The molecule has 0 aliphatic carbocycles. The van der Waals surface area contributed by atoms with Gasteiger partial charge in [0.1, 0.15) is 6.10 Å². The van der Waals surface area contributed by atoms with Crippen molar-refractivity contribution >= 4 is 13.8 Å². The molecule has 0 radical (unpaired) electrons. The van der Waals surface area contributed by atoms with E-state index in [1.807, 2.05) is 0 Å². The molecule has 324 valence electrons. The molecule has 3 N–H and O–H groups in total. The Labute approximate surface area is 335 Å². The Hall–Kier alpha value is -0.500. The highest BCUT2D eigenvalue weighted by atomic mass is 31.2. The Balaban J connectivity index is 3.92. The number of hydrogen-bond acceptors (Lipinski definition) is 7. The Kier molecular flexibility index (Phi) is 43.2. The van der Waals surface area contributed by atoms with Crippen LogP contribution in [0.5, 0.6) is 0 Å². The number of hydrogen-bond donors (Lipinski definition) is 2. The number of nitrogens with two attached hydrogens (primary N) is 1. The zero-order chi connectivity index (χ0) is 39.5. The van der Waals surface area contributed by atoms with Crippen LogP contribution in [-0.2, 0) is 27.9 Å². The van der Waals surface area contributed by atoms with E-state index >= 15 is 0 Å². The zero-order valence-electron chi connectivity index (χ0n) is 36.0. The van der Waals surface area contributed by atoms with Gasteiger partial charge in [0.05, 0.1) is 19.8 Å². The van der Waals surface area contributed by atoms with E-state index in [0.717, 1.165) is 32.1 Å². The molecule has 0 rings (SSSR count). The third kappa shape index (κ3) is 42.6. The largest absolute Gasteiger partial charge is 0.472 e. The number of esters is 1. The standard InChI is InChI=1S/C45H92NO7P/c1-3-5-7-9-11-13-15-17-19-20-21-22-23-24-26-28-30-32-34-36-38-45(47)53-44(43-52-54(48,49)51-41-39-46)42-50-40-37-35-33-31-29-27-25-18-16-14-12-10-8-6-4-2/h44H,3-43,46H2,1-2H3,(H,48,49). The summed E-state index contributed by atoms with van der Waals surface area (Å²) in [6, 6.07) is 0. The van der Waals surface area contributed by atoms with Crippen molar-refractivity contribution in [2.75, 3.05) is 33.0 Å². The quantitative estimate of drug-likeness (QED) is 0.0356. The summed E-state index contributed by atoms with van der Waals surface area (Å²) in [6.45, 7) is 5.00. The van der Waals surface area contributed by atoms with Crippen LogP contribution in [0.1, 0.15) is 245 Å². The lowest BCUT2D eigenvalue weighted by molar-refractivity contribution is -0.154. The molecule has 8 nitrogen and oxygen atoms in total. The maximum Gasteiger partial charge on any atom is 0.472 e. The Morgan fingerprint density at radius 2 is 0.815 bits per heavy atom. The van der Waals surface area contributed by atoms with E-state index in [9.17, 15) is 14.3 Å². The highest BCUT2D eigenvalue weighted by molar-refractivity contribution is 7.47. The topological polar surface area (TPSA) is 117 Å². The van der Waals surface area contributed by atoms with Crippen LogP contribution in [0.25, 0.3) is 0 Å². The molecule has 54 heavy (non-hydrogen) atoms. The van der Waals surface area contributed by atoms with E-state index in [2.05, 4.69) is 13.8 Å². The molecule has 0 aliphatic rings. The third-order valence-corrected chi connectivity index (χ3v) is 11.5. The van der Waals surface area contributed by atoms with Crippen molar-refractivity contribution in [1.29, 1.82) is 0 Å². The van der Waals surface area contributed by atoms with Gasteiger partial charge >= 0.3 is 13.8 Å². The average Bonchev–Trinajstić information content (AvgIpc) is 3.16. The molecule has 0 aromatic carbocycles. The van der Waals surface area contributed by atoms with Crippen LogP contribution >= 0.6 is 7.82 Å². The number of phosphoric ester groups is 1. The summed E-state index contributed by atoms with van der Waals surface area (Å²) < 4.78 is 33.5. The van der Waals surface area contributed by atoms with Crippen LogP contribution in [0.3, 0.4) is 0 Å². The van der Waals surface area contributed by atoms with Crippen LogP contribution in [0.2, 0.25) is 0 Å². The number of rotatable bonds is 46. The van der Waals surface area contributed by atoms with Gasteiger partial charge in [-0.2, -0.15) is 0 Å². The summed E-state index contributed by atoms with van der Waals surface area (Å²) in [5, 5.41) is 0. The van der Waals surface area contributed by atoms with E-state index in [1.165, 1.54) is 193 Å². The molecule has 0 spiro atoms. The second-order valence-electron chi connectivity index (χ2n) is 16.0. The maximum absolute atomic E-state index is 12.6. The minimum atomic E-state index is -4.27. The minimum Gasteiger partial charge on any atom is -0.457 e. The summed E-state index contributed by atoms with van der Waals surface area (Å²) in [5.74, 6) is -0.322. The van der Waals surface area contributed by atoms with Crippen molar-refractivity contribution in [3.63, 3.8) is 0 Å². The van der Waals surface area contributed by atoms with E-state index in [4.69, 9.17) is 24.3 Å². The number of phosphoric acid groups is 1. The molecular weight excluding hydrogens is 697 g/mol. The van der Waals surface area contributed by atoms with E-state index in [0.29, 0.717) is 13.0 Å². The highest BCUT2D eigenvalue weighted by Gasteiger charge is 2.25. The first-order valence-electron chi connectivity index (χ1n) is 23.5. The summed E-state index contributed by atoms with van der Waals surface area (Å²) >= 11 is 0. The SMILES string of the molecule is CCCCCCCCCCCCCCCCCCCCCCC(=O)OC(COCCCCCCCCCCCCCCCCC)COP(=O)(O)OCCN. The van der Waals surface area contributed by atoms with E-state index < -0.39 is 13.9 Å². The van der Waals surface area contributed by atoms with Gasteiger partial charge in [-0.15, -0.1) is 0 Å². The van der Waals surface area contributed by atoms with Crippen molar-refractivity contribution in [1.82, 2.24) is 0 Å². The number of carbonyl (C=O) groups excluding carboxylic acids is 1. The first-order chi connectivity index (χ1) is 26.4. The molecule has 0 bridgehead atoms. The van der Waals surface area contributed by atoms with Gasteiger partial charge in [-0.05, 0) is 12.8 Å².